The third-order valence-electron chi connectivity index (χ3n) is 2.88. The lowest BCUT2D eigenvalue weighted by Crippen LogP contribution is -2.00. The van der Waals surface area contributed by atoms with Gasteiger partial charge in [0, 0.05) is 0 Å². The Labute approximate surface area is 100 Å². The number of aliphatic hydroxyl groups excluding tert-OH is 1. The lowest BCUT2D eigenvalue weighted by molar-refractivity contribution is -0.104. The van der Waals surface area contributed by atoms with Crippen LogP contribution in [-0.2, 0) is 4.79 Å². The highest BCUT2D eigenvalue weighted by molar-refractivity contribution is 5.86. The Morgan fingerprint density at radius 3 is 2.65 bits per heavy atom. The molecule has 0 spiro atoms. The number of benzene rings is 2. The molecule has 0 saturated carbocycles. The number of rotatable bonds is 3. The average molecular weight is 226 g/mol. The highest BCUT2D eigenvalue weighted by Crippen LogP contribution is 2.28. The molecule has 86 valence electrons. The maximum atomic E-state index is 10.4. The summed E-state index contributed by atoms with van der Waals surface area (Å²) >= 11 is 0. The number of fused-ring (bicyclic) bond motifs is 1. The van der Waals surface area contributed by atoms with Crippen LogP contribution in [0, 0.1) is 0 Å². The van der Waals surface area contributed by atoms with Crippen molar-refractivity contribution in [3.05, 3.63) is 59.7 Å². The summed E-state index contributed by atoms with van der Waals surface area (Å²) in [7, 11) is 0. The lowest BCUT2D eigenvalue weighted by Gasteiger charge is -2.13. The molecule has 0 bridgehead atoms. The number of carbonyl (C=O) groups is 1. The lowest BCUT2D eigenvalue weighted by atomic mass is 9.96. The zero-order valence-electron chi connectivity index (χ0n) is 9.63. The molecule has 2 rings (SSSR count). The minimum absolute atomic E-state index is 0.649. The molecule has 1 atom stereocenters. The van der Waals surface area contributed by atoms with E-state index < -0.39 is 6.10 Å². The maximum Gasteiger partial charge on any atom is 0.142 e. The summed E-state index contributed by atoms with van der Waals surface area (Å²) < 4.78 is 0. The van der Waals surface area contributed by atoms with Crippen molar-refractivity contribution in [2.45, 2.75) is 13.0 Å². The highest BCUT2D eigenvalue weighted by Gasteiger charge is 2.12. The minimum atomic E-state index is -0.730. The number of carbonyl (C=O) groups excluding carboxylic acids is 1. The van der Waals surface area contributed by atoms with Crippen LogP contribution in [0.4, 0.5) is 0 Å². The molecule has 0 fully saturated rings. The first-order valence-electron chi connectivity index (χ1n) is 5.51. The zero-order chi connectivity index (χ0) is 12.3. The fourth-order valence-electron chi connectivity index (χ4n) is 1.93. The van der Waals surface area contributed by atoms with E-state index in [0.717, 1.165) is 16.3 Å². The number of aldehydes is 1. The van der Waals surface area contributed by atoms with Gasteiger partial charge in [-0.25, -0.2) is 0 Å². The summed E-state index contributed by atoms with van der Waals surface area (Å²) in [5.74, 6) is 0. The number of allylic oxidation sites excluding steroid dienone is 1. The van der Waals surface area contributed by atoms with Crippen LogP contribution in [0.25, 0.3) is 10.8 Å². The average Bonchev–Trinajstić information content (AvgIpc) is 2.37. The normalized spacial score (nSPS) is 13.6. The first-order chi connectivity index (χ1) is 8.24. The van der Waals surface area contributed by atoms with Crippen molar-refractivity contribution in [1.29, 1.82) is 0 Å². The smallest absolute Gasteiger partial charge is 0.142 e. The van der Waals surface area contributed by atoms with Crippen molar-refractivity contribution in [3.63, 3.8) is 0 Å². The Hall–Kier alpha value is -1.93. The fraction of sp³-hybridized carbons (Fsp3) is 0.133. The first-order valence-corrected chi connectivity index (χ1v) is 5.51. The van der Waals surface area contributed by atoms with E-state index in [1.54, 1.807) is 6.92 Å². The van der Waals surface area contributed by atoms with Gasteiger partial charge in [0.2, 0.25) is 0 Å². The van der Waals surface area contributed by atoms with Crippen molar-refractivity contribution >= 4 is 17.1 Å². The molecule has 1 unspecified atom stereocenters. The standard InChI is InChI=1S/C15H14O2/c1-11(9-10-16)15(17)14-8-4-6-12-5-2-3-7-13(12)14/h2-10,15,17H,1H3/b11-9-. The van der Waals surface area contributed by atoms with Gasteiger partial charge < -0.3 is 5.11 Å². The highest BCUT2D eigenvalue weighted by atomic mass is 16.3. The second-order valence-corrected chi connectivity index (χ2v) is 4.02. The Balaban J connectivity index is 2.55. The van der Waals surface area contributed by atoms with Crippen LogP contribution in [0.2, 0.25) is 0 Å². The molecular formula is C15H14O2. The molecule has 0 aliphatic carbocycles. The van der Waals surface area contributed by atoms with Gasteiger partial charge in [-0.05, 0) is 34.9 Å². The largest absolute Gasteiger partial charge is 0.384 e. The Bertz CT molecular complexity index is 565. The van der Waals surface area contributed by atoms with Gasteiger partial charge in [0.1, 0.15) is 12.4 Å². The Morgan fingerprint density at radius 1 is 1.18 bits per heavy atom. The second-order valence-electron chi connectivity index (χ2n) is 4.02. The topological polar surface area (TPSA) is 37.3 Å². The third-order valence-corrected chi connectivity index (χ3v) is 2.88. The van der Waals surface area contributed by atoms with Gasteiger partial charge in [-0.15, -0.1) is 0 Å². The van der Waals surface area contributed by atoms with Crippen LogP contribution in [0.5, 0.6) is 0 Å². The zero-order valence-corrected chi connectivity index (χ0v) is 9.63. The summed E-state index contributed by atoms with van der Waals surface area (Å²) in [6, 6.07) is 13.7. The van der Waals surface area contributed by atoms with Crippen LogP contribution < -0.4 is 0 Å². The number of aliphatic hydroxyl groups is 1. The number of hydrogen-bond donors (Lipinski definition) is 1. The van der Waals surface area contributed by atoms with E-state index in [1.165, 1.54) is 6.08 Å². The van der Waals surface area contributed by atoms with Gasteiger partial charge in [0.15, 0.2) is 0 Å². The molecule has 2 heteroatoms. The molecule has 2 nitrogen and oxygen atoms in total. The van der Waals surface area contributed by atoms with Crippen molar-refractivity contribution < 1.29 is 9.90 Å². The van der Waals surface area contributed by atoms with E-state index in [1.807, 2.05) is 42.5 Å². The van der Waals surface area contributed by atoms with E-state index in [2.05, 4.69) is 0 Å². The van der Waals surface area contributed by atoms with Crippen molar-refractivity contribution in [2.75, 3.05) is 0 Å². The molecule has 2 aromatic rings. The first kappa shape index (κ1) is 11.6. The second kappa shape index (κ2) is 4.93. The molecule has 0 aliphatic rings. The molecular weight excluding hydrogens is 212 g/mol. The fourth-order valence-corrected chi connectivity index (χ4v) is 1.93. The molecule has 0 radical (unpaired) electrons. The van der Waals surface area contributed by atoms with Crippen LogP contribution in [0.1, 0.15) is 18.6 Å². The Kier molecular flexibility index (Phi) is 3.35. The summed E-state index contributed by atoms with van der Waals surface area (Å²) in [6.45, 7) is 1.75. The monoisotopic (exact) mass is 226 g/mol. The van der Waals surface area contributed by atoms with Crippen molar-refractivity contribution in [2.24, 2.45) is 0 Å². The third kappa shape index (κ3) is 2.27. The molecule has 0 heterocycles. The molecule has 17 heavy (non-hydrogen) atoms. The van der Waals surface area contributed by atoms with E-state index in [9.17, 15) is 9.90 Å². The molecule has 0 aromatic heterocycles. The van der Waals surface area contributed by atoms with Crippen LogP contribution in [0.3, 0.4) is 0 Å². The van der Waals surface area contributed by atoms with Crippen LogP contribution in [0.15, 0.2) is 54.1 Å². The molecule has 1 N–H and O–H groups in total. The summed E-state index contributed by atoms with van der Waals surface area (Å²) in [5.41, 5.74) is 1.48. The van der Waals surface area contributed by atoms with Crippen molar-refractivity contribution in [1.82, 2.24) is 0 Å². The predicted molar refractivity (Wildman–Crippen MR) is 68.7 cm³/mol. The van der Waals surface area contributed by atoms with E-state index in [0.29, 0.717) is 11.9 Å². The quantitative estimate of drug-likeness (QED) is 0.645. The number of hydrogen-bond acceptors (Lipinski definition) is 2. The summed E-state index contributed by atoms with van der Waals surface area (Å²) in [6.07, 6.45) is 1.36. The predicted octanol–water partition coefficient (Wildman–Crippen LogP) is 3.02. The van der Waals surface area contributed by atoms with E-state index >= 15 is 0 Å². The van der Waals surface area contributed by atoms with Gasteiger partial charge in [-0.2, -0.15) is 0 Å². The molecule has 0 saturated heterocycles. The molecule has 0 amide bonds. The summed E-state index contributed by atoms with van der Waals surface area (Å²) in [4.78, 5) is 10.4. The van der Waals surface area contributed by atoms with Gasteiger partial charge in [-0.3, -0.25) is 4.79 Å². The van der Waals surface area contributed by atoms with Gasteiger partial charge in [0.05, 0.1) is 0 Å². The SMILES string of the molecule is C/C(=C/C=O)C(O)c1cccc2ccccc12. The van der Waals surface area contributed by atoms with Crippen LogP contribution in [-0.4, -0.2) is 11.4 Å². The maximum absolute atomic E-state index is 10.4. The molecule has 2 aromatic carbocycles. The van der Waals surface area contributed by atoms with Crippen molar-refractivity contribution in [3.8, 4) is 0 Å². The molecule has 0 aliphatic heterocycles. The van der Waals surface area contributed by atoms with Gasteiger partial charge in [0.25, 0.3) is 0 Å². The Morgan fingerprint density at radius 2 is 1.88 bits per heavy atom. The minimum Gasteiger partial charge on any atom is -0.384 e. The van der Waals surface area contributed by atoms with Gasteiger partial charge >= 0.3 is 0 Å². The van der Waals surface area contributed by atoms with Gasteiger partial charge in [-0.1, -0.05) is 42.5 Å². The van der Waals surface area contributed by atoms with E-state index in [-0.39, 0.29) is 0 Å². The van der Waals surface area contributed by atoms with E-state index in [4.69, 9.17) is 0 Å². The summed E-state index contributed by atoms with van der Waals surface area (Å²) in [5, 5.41) is 12.3. The van der Waals surface area contributed by atoms with Crippen LogP contribution >= 0.6 is 0 Å².